The van der Waals surface area contributed by atoms with E-state index in [0.717, 1.165) is 5.56 Å². The Kier molecular flexibility index (Phi) is 6.20. The van der Waals surface area contributed by atoms with Crippen molar-refractivity contribution in [2.24, 2.45) is 0 Å². The number of benzene rings is 1. The van der Waals surface area contributed by atoms with E-state index in [4.69, 9.17) is 18.4 Å². The van der Waals surface area contributed by atoms with Gasteiger partial charge in [-0.05, 0) is 39.8 Å². The van der Waals surface area contributed by atoms with Gasteiger partial charge in [0.1, 0.15) is 11.6 Å². The van der Waals surface area contributed by atoms with Crippen LogP contribution in [0.2, 0.25) is 0 Å². The van der Waals surface area contributed by atoms with Gasteiger partial charge in [-0.15, -0.1) is 0 Å². The van der Waals surface area contributed by atoms with E-state index in [1.165, 1.54) is 31.3 Å². The van der Waals surface area contributed by atoms with Gasteiger partial charge in [0.2, 0.25) is 5.79 Å². The standard InChI is InChI=1S/C18H27NO7S/c1-13-7-9-14(10-8-13)27(21,22)25-11-15-18(23-5,24-6)12-19(15)16(20)26-17(2,3)4/h7-10,15H,11-12H2,1-6H3/t15-/m0/s1. The Hall–Kier alpha value is -1.68. The van der Waals surface area contributed by atoms with E-state index in [-0.39, 0.29) is 18.0 Å². The predicted molar refractivity (Wildman–Crippen MR) is 97.8 cm³/mol. The van der Waals surface area contributed by atoms with Gasteiger partial charge >= 0.3 is 6.09 Å². The lowest BCUT2D eigenvalue weighted by atomic mass is 9.96. The number of amides is 1. The Labute approximate surface area is 160 Å². The molecule has 1 atom stereocenters. The summed E-state index contributed by atoms with van der Waals surface area (Å²) in [6.07, 6.45) is -0.589. The zero-order chi connectivity index (χ0) is 20.5. The minimum absolute atomic E-state index is 0.0386. The fourth-order valence-corrected chi connectivity index (χ4v) is 3.63. The van der Waals surface area contributed by atoms with E-state index < -0.39 is 33.6 Å². The fraction of sp³-hybridized carbons (Fsp3) is 0.611. The van der Waals surface area contributed by atoms with Gasteiger partial charge in [0, 0.05) is 14.2 Å². The highest BCUT2D eigenvalue weighted by Gasteiger charge is 2.57. The molecule has 152 valence electrons. The molecule has 1 aliphatic rings. The SMILES string of the molecule is COC1(OC)CN(C(=O)OC(C)(C)C)[C@H]1COS(=O)(=O)c1ccc(C)cc1. The third kappa shape index (κ3) is 4.78. The third-order valence-electron chi connectivity index (χ3n) is 4.28. The van der Waals surface area contributed by atoms with Crippen molar-refractivity contribution < 1.29 is 31.6 Å². The number of carbonyl (C=O) groups excluding carboxylic acids is 1. The highest BCUT2D eigenvalue weighted by Crippen LogP contribution is 2.35. The average molecular weight is 401 g/mol. The summed E-state index contributed by atoms with van der Waals surface area (Å²) in [7, 11) is -1.13. The number of methoxy groups -OCH3 is 2. The number of aryl methyl sites for hydroxylation is 1. The van der Waals surface area contributed by atoms with Gasteiger partial charge in [0.15, 0.2) is 0 Å². The smallest absolute Gasteiger partial charge is 0.411 e. The van der Waals surface area contributed by atoms with Crippen LogP contribution in [0.1, 0.15) is 26.3 Å². The summed E-state index contributed by atoms with van der Waals surface area (Å²) < 4.78 is 46.2. The molecule has 0 spiro atoms. The van der Waals surface area contributed by atoms with Gasteiger partial charge in [-0.3, -0.25) is 9.08 Å². The zero-order valence-corrected chi connectivity index (χ0v) is 17.3. The minimum Gasteiger partial charge on any atom is -0.444 e. The average Bonchev–Trinajstić information content (AvgIpc) is 2.54. The monoisotopic (exact) mass is 401 g/mol. The van der Waals surface area contributed by atoms with Gasteiger partial charge in [0.05, 0.1) is 18.0 Å². The van der Waals surface area contributed by atoms with Crippen molar-refractivity contribution >= 4 is 16.2 Å². The summed E-state index contributed by atoms with van der Waals surface area (Å²) in [6, 6.07) is 5.53. The highest BCUT2D eigenvalue weighted by molar-refractivity contribution is 7.86. The number of carbonyl (C=O) groups is 1. The first kappa shape index (κ1) is 21.6. The maximum Gasteiger partial charge on any atom is 0.411 e. The molecule has 1 aromatic rings. The van der Waals surface area contributed by atoms with E-state index in [1.54, 1.807) is 32.9 Å². The summed E-state index contributed by atoms with van der Waals surface area (Å²) in [5, 5.41) is 0. The number of rotatable bonds is 6. The first-order valence-corrected chi connectivity index (χ1v) is 9.91. The van der Waals surface area contributed by atoms with Crippen molar-refractivity contribution in [3.8, 4) is 0 Å². The lowest BCUT2D eigenvalue weighted by molar-refractivity contribution is -0.305. The van der Waals surface area contributed by atoms with Crippen LogP contribution in [0.15, 0.2) is 29.2 Å². The molecule has 1 aliphatic heterocycles. The molecule has 0 saturated carbocycles. The van der Waals surface area contributed by atoms with Crippen molar-refractivity contribution in [2.75, 3.05) is 27.4 Å². The third-order valence-corrected chi connectivity index (χ3v) is 5.58. The van der Waals surface area contributed by atoms with Crippen LogP contribution < -0.4 is 0 Å². The van der Waals surface area contributed by atoms with Crippen LogP contribution >= 0.6 is 0 Å². The minimum atomic E-state index is -3.99. The van der Waals surface area contributed by atoms with E-state index in [0.29, 0.717) is 0 Å². The molecular weight excluding hydrogens is 374 g/mol. The quantitative estimate of drug-likeness (QED) is 0.533. The van der Waals surface area contributed by atoms with Crippen LogP contribution in [0.3, 0.4) is 0 Å². The van der Waals surface area contributed by atoms with E-state index >= 15 is 0 Å². The van der Waals surface area contributed by atoms with Gasteiger partial charge in [-0.2, -0.15) is 8.42 Å². The molecule has 0 aliphatic carbocycles. The Morgan fingerprint density at radius 3 is 2.22 bits per heavy atom. The predicted octanol–water partition coefficient (Wildman–Crippen LogP) is 2.31. The van der Waals surface area contributed by atoms with Crippen LogP contribution in [0, 0.1) is 6.92 Å². The molecule has 1 aromatic carbocycles. The Morgan fingerprint density at radius 1 is 1.19 bits per heavy atom. The van der Waals surface area contributed by atoms with Crippen molar-refractivity contribution in [1.29, 1.82) is 0 Å². The molecule has 0 N–H and O–H groups in total. The van der Waals surface area contributed by atoms with Gasteiger partial charge < -0.3 is 14.2 Å². The zero-order valence-electron chi connectivity index (χ0n) is 16.5. The Bertz CT molecular complexity index is 764. The molecule has 0 bridgehead atoms. The summed E-state index contributed by atoms with van der Waals surface area (Å²) in [5.41, 5.74) is 0.247. The largest absolute Gasteiger partial charge is 0.444 e. The lowest BCUT2D eigenvalue weighted by Gasteiger charge is -2.53. The molecule has 27 heavy (non-hydrogen) atoms. The van der Waals surface area contributed by atoms with Crippen molar-refractivity contribution in [3.63, 3.8) is 0 Å². The maximum absolute atomic E-state index is 12.4. The molecule has 8 nitrogen and oxygen atoms in total. The molecule has 9 heteroatoms. The Balaban J connectivity index is 2.15. The summed E-state index contributed by atoms with van der Waals surface area (Å²) in [5.74, 6) is -1.15. The second-order valence-corrected chi connectivity index (χ2v) is 9.01. The highest BCUT2D eigenvalue weighted by atomic mass is 32.2. The number of likely N-dealkylation sites (tertiary alicyclic amines) is 1. The first-order chi connectivity index (χ1) is 12.4. The second kappa shape index (κ2) is 7.75. The molecule has 2 rings (SSSR count). The number of hydrogen-bond donors (Lipinski definition) is 0. The molecule has 0 radical (unpaired) electrons. The van der Waals surface area contributed by atoms with Gasteiger partial charge in [0.25, 0.3) is 10.1 Å². The molecule has 0 aromatic heterocycles. The number of ether oxygens (including phenoxy) is 3. The van der Waals surface area contributed by atoms with Gasteiger partial charge in [-0.1, -0.05) is 17.7 Å². The normalized spacial score (nSPS) is 19.5. The van der Waals surface area contributed by atoms with Crippen molar-refractivity contribution in [2.45, 2.75) is 50.0 Å². The molecule has 1 heterocycles. The van der Waals surface area contributed by atoms with Gasteiger partial charge in [-0.25, -0.2) is 4.79 Å². The van der Waals surface area contributed by atoms with E-state index in [1.807, 2.05) is 6.92 Å². The van der Waals surface area contributed by atoms with E-state index in [9.17, 15) is 13.2 Å². The maximum atomic E-state index is 12.4. The number of nitrogens with zero attached hydrogens (tertiary/aromatic N) is 1. The summed E-state index contributed by atoms with van der Waals surface area (Å²) in [4.78, 5) is 13.8. The molecular formula is C18H27NO7S. The molecule has 0 unspecified atom stereocenters. The van der Waals surface area contributed by atoms with Crippen molar-refractivity contribution in [3.05, 3.63) is 29.8 Å². The molecule has 1 fully saturated rings. The topological polar surface area (TPSA) is 91.4 Å². The van der Waals surface area contributed by atoms with Crippen LogP contribution in [-0.2, 0) is 28.5 Å². The summed E-state index contributed by atoms with van der Waals surface area (Å²) in [6.45, 7) is 6.88. The van der Waals surface area contributed by atoms with E-state index in [2.05, 4.69) is 0 Å². The molecule has 1 saturated heterocycles. The number of hydrogen-bond acceptors (Lipinski definition) is 7. The van der Waals surface area contributed by atoms with Crippen LogP contribution in [0.25, 0.3) is 0 Å². The summed E-state index contributed by atoms with van der Waals surface area (Å²) >= 11 is 0. The fourth-order valence-electron chi connectivity index (χ4n) is 2.72. The Morgan fingerprint density at radius 2 is 1.74 bits per heavy atom. The second-order valence-electron chi connectivity index (χ2n) is 7.40. The van der Waals surface area contributed by atoms with Crippen LogP contribution in [0.5, 0.6) is 0 Å². The molecule has 1 amide bonds. The lowest BCUT2D eigenvalue weighted by Crippen LogP contribution is -2.74. The van der Waals surface area contributed by atoms with Crippen LogP contribution in [0.4, 0.5) is 4.79 Å². The van der Waals surface area contributed by atoms with Crippen LogP contribution in [-0.4, -0.2) is 64.2 Å². The van der Waals surface area contributed by atoms with Crippen molar-refractivity contribution in [1.82, 2.24) is 4.90 Å². The first-order valence-electron chi connectivity index (χ1n) is 8.50.